The van der Waals surface area contributed by atoms with E-state index in [0.717, 1.165) is 18.0 Å². The van der Waals surface area contributed by atoms with Crippen LogP contribution >= 0.6 is 35.3 Å². The van der Waals surface area contributed by atoms with Crippen molar-refractivity contribution in [2.24, 2.45) is 10.7 Å². The van der Waals surface area contributed by atoms with Gasteiger partial charge in [-0.2, -0.15) is 0 Å². The second kappa shape index (κ2) is 8.84. The molecule has 0 spiro atoms. The van der Waals surface area contributed by atoms with Gasteiger partial charge in [0, 0.05) is 22.7 Å². The van der Waals surface area contributed by atoms with Gasteiger partial charge in [0.1, 0.15) is 6.10 Å². The molecule has 3 N–H and O–H groups in total. The molecule has 0 saturated carbocycles. The summed E-state index contributed by atoms with van der Waals surface area (Å²) in [6, 6.07) is 10.2. The van der Waals surface area contributed by atoms with E-state index in [1.165, 1.54) is 35.8 Å². The summed E-state index contributed by atoms with van der Waals surface area (Å²) in [6.07, 6.45) is 4.31. The summed E-state index contributed by atoms with van der Waals surface area (Å²) in [5, 5.41) is 11.5. The van der Waals surface area contributed by atoms with E-state index in [0.29, 0.717) is 12.5 Å². The van der Waals surface area contributed by atoms with Crippen molar-refractivity contribution in [3.05, 3.63) is 35.2 Å². The number of aliphatic hydroxyl groups excluding tert-OH is 1. The van der Waals surface area contributed by atoms with Crippen molar-refractivity contribution in [3.63, 3.8) is 0 Å². The molecule has 1 fully saturated rings. The summed E-state index contributed by atoms with van der Waals surface area (Å²) in [5.74, 6) is 0.571. The summed E-state index contributed by atoms with van der Waals surface area (Å²) in [7, 11) is 0. The van der Waals surface area contributed by atoms with Crippen molar-refractivity contribution >= 4 is 51.4 Å². The highest BCUT2D eigenvalue weighted by molar-refractivity contribution is 14.0. The number of guanidine groups is 1. The molecule has 4 nitrogen and oxygen atoms in total. The summed E-state index contributed by atoms with van der Waals surface area (Å²) in [4.78, 5) is 7.51. The van der Waals surface area contributed by atoms with Gasteiger partial charge in [-0.15, -0.1) is 35.3 Å². The molecule has 126 valence electrons. The van der Waals surface area contributed by atoms with Crippen LogP contribution in [0.3, 0.4) is 0 Å². The molecule has 1 atom stereocenters. The van der Waals surface area contributed by atoms with Gasteiger partial charge in [-0.1, -0.05) is 31.0 Å². The van der Waals surface area contributed by atoms with E-state index in [9.17, 15) is 5.11 Å². The van der Waals surface area contributed by atoms with Gasteiger partial charge in [0.05, 0.1) is 6.54 Å². The van der Waals surface area contributed by atoms with Gasteiger partial charge in [0.25, 0.3) is 0 Å². The zero-order valence-electron chi connectivity index (χ0n) is 13.1. The maximum Gasteiger partial charge on any atom is 0.191 e. The second-order valence-electron chi connectivity index (χ2n) is 5.80. The maximum atomic E-state index is 10.4. The van der Waals surface area contributed by atoms with E-state index in [4.69, 9.17) is 5.73 Å². The van der Waals surface area contributed by atoms with E-state index >= 15 is 0 Å². The summed E-state index contributed by atoms with van der Waals surface area (Å²) in [6.45, 7) is 2.29. The monoisotopic (exact) mass is 445 g/mol. The highest BCUT2D eigenvalue weighted by Gasteiger charge is 2.14. The van der Waals surface area contributed by atoms with Crippen LogP contribution in [-0.2, 0) is 0 Å². The van der Waals surface area contributed by atoms with Crippen LogP contribution in [0.5, 0.6) is 0 Å². The smallest absolute Gasteiger partial charge is 0.191 e. The molecule has 1 aromatic carbocycles. The Labute approximate surface area is 158 Å². The Morgan fingerprint density at radius 2 is 1.91 bits per heavy atom. The van der Waals surface area contributed by atoms with Crippen LogP contribution in [0.15, 0.2) is 35.3 Å². The van der Waals surface area contributed by atoms with Gasteiger partial charge < -0.3 is 15.7 Å². The average Bonchev–Trinajstić information content (AvgIpc) is 2.78. The van der Waals surface area contributed by atoms with Crippen molar-refractivity contribution in [2.75, 3.05) is 19.6 Å². The first-order valence-electron chi connectivity index (χ1n) is 7.95. The number of benzene rings is 1. The Morgan fingerprint density at radius 1 is 1.22 bits per heavy atom. The quantitative estimate of drug-likeness (QED) is 0.430. The van der Waals surface area contributed by atoms with Crippen LogP contribution in [0.4, 0.5) is 0 Å². The number of nitrogens with two attached hydrogens (primary N) is 1. The Hall–Kier alpha value is -0.860. The first kappa shape index (κ1) is 18.5. The van der Waals surface area contributed by atoms with Crippen LogP contribution in [0.1, 0.15) is 36.7 Å². The second-order valence-corrected chi connectivity index (χ2v) is 6.92. The number of rotatable bonds is 3. The molecule has 1 unspecified atom stereocenters. The van der Waals surface area contributed by atoms with Gasteiger partial charge >= 0.3 is 0 Å². The van der Waals surface area contributed by atoms with Crippen molar-refractivity contribution in [2.45, 2.75) is 31.8 Å². The fourth-order valence-corrected chi connectivity index (χ4v) is 3.88. The van der Waals surface area contributed by atoms with E-state index in [2.05, 4.69) is 22.0 Å². The lowest BCUT2D eigenvalue weighted by Crippen LogP contribution is -2.38. The van der Waals surface area contributed by atoms with Gasteiger partial charge in [0.15, 0.2) is 5.96 Å². The zero-order chi connectivity index (χ0) is 15.4. The summed E-state index contributed by atoms with van der Waals surface area (Å²) >= 11 is 1.62. The number of thiophene rings is 1. The number of hydrogen-bond donors (Lipinski definition) is 2. The van der Waals surface area contributed by atoms with Crippen LogP contribution in [-0.4, -0.2) is 35.6 Å². The molecule has 2 aromatic rings. The van der Waals surface area contributed by atoms with Crippen molar-refractivity contribution in [1.29, 1.82) is 0 Å². The Balaban J connectivity index is 0.00000192. The van der Waals surface area contributed by atoms with Crippen LogP contribution in [0.2, 0.25) is 0 Å². The highest BCUT2D eigenvalue weighted by Crippen LogP contribution is 2.29. The lowest BCUT2D eigenvalue weighted by molar-refractivity contribution is 0.190. The van der Waals surface area contributed by atoms with Crippen molar-refractivity contribution in [1.82, 2.24) is 4.90 Å². The van der Waals surface area contributed by atoms with Crippen LogP contribution < -0.4 is 5.73 Å². The van der Waals surface area contributed by atoms with Crippen LogP contribution in [0.25, 0.3) is 10.1 Å². The Bertz CT molecular complexity index is 617. The third kappa shape index (κ3) is 4.81. The molecule has 1 aromatic heterocycles. The molecule has 0 radical (unpaired) electrons. The number of hydrogen-bond acceptors (Lipinski definition) is 3. The van der Waals surface area contributed by atoms with E-state index in [1.807, 2.05) is 18.2 Å². The van der Waals surface area contributed by atoms with Gasteiger partial charge in [-0.05, 0) is 30.4 Å². The topological polar surface area (TPSA) is 61.9 Å². The molecule has 6 heteroatoms. The number of halogens is 1. The number of fused-ring (bicyclic) bond motifs is 1. The van der Waals surface area contributed by atoms with E-state index in [1.54, 1.807) is 11.3 Å². The van der Waals surface area contributed by atoms with Crippen molar-refractivity contribution < 1.29 is 5.11 Å². The molecule has 0 amide bonds. The first-order valence-corrected chi connectivity index (χ1v) is 8.77. The lowest BCUT2D eigenvalue weighted by atomic mass is 10.2. The highest BCUT2D eigenvalue weighted by atomic mass is 127. The average molecular weight is 445 g/mol. The Kier molecular flexibility index (Phi) is 7.10. The predicted octanol–water partition coefficient (Wildman–Crippen LogP) is 3.74. The van der Waals surface area contributed by atoms with Gasteiger partial charge in [-0.3, -0.25) is 4.99 Å². The summed E-state index contributed by atoms with van der Waals surface area (Å²) in [5.41, 5.74) is 6.09. The molecule has 2 heterocycles. The zero-order valence-corrected chi connectivity index (χ0v) is 16.3. The lowest BCUT2D eigenvalue weighted by Gasteiger charge is -2.21. The molecule has 1 aliphatic rings. The fraction of sp³-hybridized carbons (Fsp3) is 0.471. The first-order chi connectivity index (χ1) is 10.7. The molecular formula is C17H24IN3OS. The number of likely N-dealkylation sites (tertiary alicyclic amines) is 1. The number of aliphatic imine (C=N–C) groups is 1. The molecular weight excluding hydrogens is 421 g/mol. The predicted molar refractivity (Wildman–Crippen MR) is 109 cm³/mol. The standard InChI is InChI=1S/C17H23N3OS.HI/c18-17(20-9-5-1-2-6-10-20)19-12-14(21)16-11-13-7-3-4-8-15(13)22-16;/h3-4,7-8,11,14,21H,1-2,5-6,9-10,12H2,(H2,18,19);1H. The molecule has 1 aliphatic heterocycles. The minimum atomic E-state index is -0.581. The SMILES string of the molecule is I.NC(=NCC(O)c1cc2ccccc2s1)N1CCCCCC1. The minimum absolute atomic E-state index is 0. The summed E-state index contributed by atoms with van der Waals surface area (Å²) < 4.78 is 1.20. The van der Waals surface area contributed by atoms with E-state index < -0.39 is 6.10 Å². The third-order valence-corrected chi connectivity index (χ3v) is 5.35. The van der Waals surface area contributed by atoms with Gasteiger partial charge in [-0.25, -0.2) is 0 Å². The van der Waals surface area contributed by atoms with Crippen LogP contribution in [0, 0.1) is 0 Å². The molecule has 23 heavy (non-hydrogen) atoms. The largest absolute Gasteiger partial charge is 0.386 e. The number of aliphatic hydroxyl groups is 1. The minimum Gasteiger partial charge on any atom is -0.386 e. The molecule has 3 rings (SSSR count). The molecule has 0 aliphatic carbocycles. The molecule has 0 bridgehead atoms. The van der Waals surface area contributed by atoms with Gasteiger partial charge in [0.2, 0.25) is 0 Å². The Morgan fingerprint density at radius 3 is 2.61 bits per heavy atom. The third-order valence-electron chi connectivity index (χ3n) is 4.13. The number of nitrogens with zero attached hydrogens (tertiary/aromatic N) is 2. The van der Waals surface area contributed by atoms with E-state index in [-0.39, 0.29) is 24.0 Å². The fourth-order valence-electron chi connectivity index (χ4n) is 2.84. The molecule has 1 saturated heterocycles. The normalized spacial score (nSPS) is 17.6. The van der Waals surface area contributed by atoms with Crippen molar-refractivity contribution in [3.8, 4) is 0 Å². The maximum absolute atomic E-state index is 10.4.